The van der Waals surface area contributed by atoms with Crippen LogP contribution in [-0.4, -0.2) is 52.3 Å². The lowest BCUT2D eigenvalue weighted by Gasteiger charge is -2.41. The Morgan fingerprint density at radius 3 is 2.46 bits per heavy atom. The van der Waals surface area contributed by atoms with E-state index in [1.807, 2.05) is 25.1 Å². The van der Waals surface area contributed by atoms with Crippen molar-refractivity contribution >= 4 is 17.4 Å². The summed E-state index contributed by atoms with van der Waals surface area (Å²) >= 11 is 0. The molecule has 130 valence electrons. The number of pyridine rings is 1. The van der Waals surface area contributed by atoms with Crippen LogP contribution in [0, 0.1) is 0 Å². The highest BCUT2D eigenvalue weighted by atomic mass is 16.2. The summed E-state index contributed by atoms with van der Waals surface area (Å²) in [6.45, 7) is 9.94. The molecule has 5 nitrogen and oxygen atoms in total. The predicted octanol–water partition coefficient (Wildman–Crippen LogP) is 2.73. The van der Waals surface area contributed by atoms with Crippen LogP contribution in [0.5, 0.6) is 0 Å². The lowest BCUT2D eigenvalue weighted by atomic mass is 9.91. The maximum absolute atomic E-state index is 11.7. The third-order valence-electron chi connectivity index (χ3n) is 4.69. The van der Waals surface area contributed by atoms with Crippen LogP contribution >= 0.6 is 0 Å². The molecule has 1 aliphatic heterocycles. The minimum absolute atomic E-state index is 0.289. The van der Waals surface area contributed by atoms with Crippen LogP contribution in [0.25, 0.3) is 5.57 Å². The van der Waals surface area contributed by atoms with Gasteiger partial charge in [-0.25, -0.2) is 0 Å². The topological polar surface area (TPSA) is 53.5 Å². The maximum Gasteiger partial charge on any atom is 0.312 e. The number of amides is 2. The highest BCUT2D eigenvalue weighted by Crippen LogP contribution is 2.26. The number of piperazine rings is 1. The van der Waals surface area contributed by atoms with E-state index in [0.717, 1.165) is 37.1 Å². The summed E-state index contributed by atoms with van der Waals surface area (Å²) in [5.74, 6) is -0.603. The van der Waals surface area contributed by atoms with Crippen molar-refractivity contribution in [1.29, 1.82) is 0 Å². The summed E-state index contributed by atoms with van der Waals surface area (Å²) in [6, 6.07) is 6.21. The SMILES string of the molecule is C=C(CC)c1ccccn1.CCN1CCN(C2CCC2)C(=O)C1=O. The van der Waals surface area contributed by atoms with Crippen LogP contribution in [0.4, 0.5) is 0 Å². The van der Waals surface area contributed by atoms with Crippen molar-refractivity contribution in [3.63, 3.8) is 0 Å². The molecular formula is C19H27N3O2. The molecule has 2 heterocycles. The van der Waals surface area contributed by atoms with E-state index in [4.69, 9.17) is 0 Å². The second kappa shape index (κ2) is 8.62. The van der Waals surface area contributed by atoms with Crippen LogP contribution in [0.1, 0.15) is 45.2 Å². The first kappa shape index (κ1) is 18.2. The molecule has 1 saturated carbocycles. The fourth-order valence-corrected chi connectivity index (χ4v) is 2.79. The van der Waals surface area contributed by atoms with E-state index in [1.165, 1.54) is 6.42 Å². The van der Waals surface area contributed by atoms with Crippen LogP contribution in [-0.2, 0) is 9.59 Å². The minimum atomic E-state index is -0.314. The molecule has 5 heteroatoms. The first-order valence-electron chi connectivity index (χ1n) is 8.77. The zero-order valence-corrected chi connectivity index (χ0v) is 14.7. The van der Waals surface area contributed by atoms with Gasteiger partial charge in [0.25, 0.3) is 0 Å². The number of carbonyl (C=O) groups excluding carboxylic acids is 2. The molecule has 1 saturated heterocycles. The summed E-state index contributed by atoms with van der Waals surface area (Å²) in [6.07, 6.45) is 6.10. The largest absolute Gasteiger partial charge is 0.333 e. The van der Waals surface area contributed by atoms with Crippen molar-refractivity contribution in [2.45, 2.75) is 45.6 Å². The zero-order valence-electron chi connectivity index (χ0n) is 14.7. The van der Waals surface area contributed by atoms with Gasteiger partial charge in [-0.15, -0.1) is 0 Å². The second-order valence-corrected chi connectivity index (χ2v) is 6.14. The first-order chi connectivity index (χ1) is 11.6. The number of allylic oxidation sites excluding steroid dienone is 1. The molecule has 2 fully saturated rings. The Kier molecular flexibility index (Phi) is 6.53. The van der Waals surface area contributed by atoms with E-state index < -0.39 is 0 Å². The molecule has 0 radical (unpaired) electrons. The minimum Gasteiger partial charge on any atom is -0.333 e. The van der Waals surface area contributed by atoms with E-state index >= 15 is 0 Å². The Hall–Kier alpha value is -2.17. The molecule has 24 heavy (non-hydrogen) atoms. The number of carbonyl (C=O) groups is 2. The molecule has 0 unspecified atom stereocenters. The van der Waals surface area contributed by atoms with Gasteiger partial charge in [-0.3, -0.25) is 14.6 Å². The molecule has 1 aromatic heterocycles. The van der Waals surface area contributed by atoms with E-state index in [0.29, 0.717) is 19.1 Å². The van der Waals surface area contributed by atoms with Crippen molar-refractivity contribution in [3.05, 3.63) is 36.7 Å². The predicted molar refractivity (Wildman–Crippen MR) is 95.2 cm³/mol. The highest BCUT2D eigenvalue weighted by Gasteiger charge is 2.37. The third kappa shape index (κ3) is 4.22. The van der Waals surface area contributed by atoms with E-state index in [1.54, 1.807) is 16.0 Å². The van der Waals surface area contributed by atoms with E-state index in [9.17, 15) is 9.59 Å². The summed E-state index contributed by atoms with van der Waals surface area (Å²) in [5.41, 5.74) is 2.10. The molecule has 2 aliphatic rings. The molecule has 3 rings (SSSR count). The molecule has 0 bridgehead atoms. The standard InChI is InChI=1S/C10H16N2O2.C9H11N/c1-2-11-6-7-12(8-4-3-5-8)10(14)9(11)13;1-3-8(2)9-6-4-5-7-10-9/h8H,2-7H2,1H3;4-7H,2-3H2,1H3. The van der Waals surface area contributed by atoms with Crippen molar-refractivity contribution in [1.82, 2.24) is 14.8 Å². The number of aromatic nitrogens is 1. The Balaban J connectivity index is 0.000000185. The van der Waals surface area contributed by atoms with Gasteiger partial charge in [-0.1, -0.05) is 19.6 Å². The summed E-state index contributed by atoms with van der Waals surface area (Å²) in [5, 5.41) is 0. The molecular weight excluding hydrogens is 302 g/mol. The Morgan fingerprint density at radius 2 is 1.96 bits per heavy atom. The number of likely N-dealkylation sites (N-methyl/N-ethyl adjacent to an activating group) is 1. The van der Waals surface area contributed by atoms with Crippen molar-refractivity contribution in [3.8, 4) is 0 Å². The Bertz CT molecular complexity index is 582. The number of rotatable bonds is 4. The van der Waals surface area contributed by atoms with Crippen LogP contribution in [0.2, 0.25) is 0 Å². The average Bonchev–Trinajstić information content (AvgIpc) is 2.58. The van der Waals surface area contributed by atoms with Gasteiger partial charge in [0.15, 0.2) is 0 Å². The molecule has 0 aromatic carbocycles. The quantitative estimate of drug-likeness (QED) is 0.798. The van der Waals surface area contributed by atoms with Gasteiger partial charge >= 0.3 is 11.8 Å². The maximum atomic E-state index is 11.7. The molecule has 0 spiro atoms. The van der Waals surface area contributed by atoms with E-state index in [2.05, 4.69) is 18.5 Å². The van der Waals surface area contributed by atoms with Gasteiger partial charge in [-0.2, -0.15) is 0 Å². The second-order valence-electron chi connectivity index (χ2n) is 6.14. The van der Waals surface area contributed by atoms with Gasteiger partial charge in [0, 0.05) is 31.9 Å². The molecule has 0 atom stereocenters. The number of nitrogens with zero attached hydrogens (tertiary/aromatic N) is 3. The fourth-order valence-electron chi connectivity index (χ4n) is 2.79. The zero-order chi connectivity index (χ0) is 17.5. The van der Waals surface area contributed by atoms with Crippen molar-refractivity contribution in [2.75, 3.05) is 19.6 Å². The fraction of sp³-hybridized carbons (Fsp3) is 0.526. The molecule has 1 aromatic rings. The van der Waals surface area contributed by atoms with Gasteiger partial charge in [0.1, 0.15) is 0 Å². The Labute approximate surface area is 144 Å². The van der Waals surface area contributed by atoms with Crippen molar-refractivity contribution in [2.24, 2.45) is 0 Å². The smallest absolute Gasteiger partial charge is 0.312 e. The summed E-state index contributed by atoms with van der Waals surface area (Å²) < 4.78 is 0. The first-order valence-corrected chi connectivity index (χ1v) is 8.77. The number of hydrogen-bond donors (Lipinski definition) is 0. The average molecular weight is 329 g/mol. The Morgan fingerprint density at radius 1 is 1.21 bits per heavy atom. The van der Waals surface area contributed by atoms with Gasteiger partial charge in [0.05, 0.1) is 5.69 Å². The highest BCUT2D eigenvalue weighted by molar-refractivity contribution is 6.35. The summed E-state index contributed by atoms with van der Waals surface area (Å²) in [4.78, 5) is 30.7. The van der Waals surface area contributed by atoms with Gasteiger partial charge in [-0.05, 0) is 50.3 Å². The van der Waals surface area contributed by atoms with E-state index in [-0.39, 0.29) is 11.8 Å². The van der Waals surface area contributed by atoms with Crippen LogP contribution < -0.4 is 0 Å². The number of hydrogen-bond acceptors (Lipinski definition) is 3. The summed E-state index contributed by atoms with van der Waals surface area (Å²) in [7, 11) is 0. The van der Waals surface area contributed by atoms with Crippen LogP contribution in [0.3, 0.4) is 0 Å². The molecule has 2 amide bonds. The van der Waals surface area contributed by atoms with Gasteiger partial charge < -0.3 is 9.80 Å². The third-order valence-corrected chi connectivity index (χ3v) is 4.69. The lowest BCUT2D eigenvalue weighted by Crippen LogP contribution is -2.58. The molecule has 0 N–H and O–H groups in total. The van der Waals surface area contributed by atoms with Crippen LogP contribution in [0.15, 0.2) is 31.0 Å². The molecule has 1 aliphatic carbocycles. The normalized spacial score (nSPS) is 17.9. The lowest BCUT2D eigenvalue weighted by molar-refractivity contribution is -0.158. The van der Waals surface area contributed by atoms with Crippen molar-refractivity contribution < 1.29 is 9.59 Å². The monoisotopic (exact) mass is 329 g/mol. The van der Waals surface area contributed by atoms with Gasteiger partial charge in [0.2, 0.25) is 0 Å².